The third-order valence-electron chi connectivity index (χ3n) is 4.28. The summed E-state index contributed by atoms with van der Waals surface area (Å²) >= 11 is 0. The molecule has 0 spiro atoms. The maximum atomic E-state index is 8.10. The van der Waals surface area contributed by atoms with E-state index in [1.54, 1.807) is 18.3 Å². The molecule has 0 amide bonds. The van der Waals surface area contributed by atoms with E-state index in [2.05, 4.69) is 28.2 Å². The van der Waals surface area contributed by atoms with Crippen LogP contribution in [0.25, 0.3) is 10.9 Å². The Morgan fingerprint density at radius 1 is 1.04 bits per heavy atom. The number of nitrogens with one attached hydrogen (secondary N) is 1. The molecule has 5 heteroatoms. The molecular weight excluding hydrogens is 334 g/mol. The van der Waals surface area contributed by atoms with Gasteiger partial charge in [-0.05, 0) is 53.5 Å². The molecule has 1 aromatic heterocycles. The average molecular weight is 357 g/mol. The minimum Gasteiger partial charge on any atom is -0.384 e. The zero-order chi connectivity index (χ0) is 19.1. The van der Waals surface area contributed by atoms with E-state index < -0.39 is 0 Å². The summed E-state index contributed by atoms with van der Waals surface area (Å²) in [5, 5.41) is 9.23. The lowest BCUT2D eigenvalue weighted by atomic mass is 10.1. The summed E-state index contributed by atoms with van der Waals surface area (Å²) < 4.78 is 0. The molecule has 0 aliphatic rings. The number of fused-ring (bicyclic) bond motifs is 1. The number of amidine groups is 1. The third-order valence-corrected chi connectivity index (χ3v) is 4.28. The van der Waals surface area contributed by atoms with Crippen molar-refractivity contribution in [1.29, 1.82) is 5.41 Å². The van der Waals surface area contributed by atoms with Crippen LogP contribution in [0.3, 0.4) is 0 Å². The van der Waals surface area contributed by atoms with Gasteiger partial charge in [0.2, 0.25) is 0 Å². The first-order valence-electron chi connectivity index (χ1n) is 8.85. The smallest absolute Gasteiger partial charge is 0.118 e. The molecule has 136 valence electrons. The molecule has 5 N–H and O–H groups in total. The van der Waals surface area contributed by atoms with Crippen LogP contribution >= 0.6 is 0 Å². The number of nitrogens with zero attached hydrogens (tertiary/aromatic N) is 2. The Hall–Kier alpha value is -3.31. The third kappa shape index (κ3) is 5.09. The second-order valence-corrected chi connectivity index (χ2v) is 6.24. The Kier molecular flexibility index (Phi) is 6.07. The fraction of sp³-hybridized carbons (Fsp3) is 0.136. The van der Waals surface area contributed by atoms with Crippen molar-refractivity contribution in [2.75, 3.05) is 6.54 Å². The molecule has 0 fully saturated rings. The molecule has 0 aliphatic carbocycles. The van der Waals surface area contributed by atoms with Crippen LogP contribution in [-0.2, 0) is 13.0 Å². The minimum absolute atomic E-state index is 0.388. The number of pyridine rings is 1. The van der Waals surface area contributed by atoms with E-state index in [-0.39, 0.29) is 0 Å². The highest BCUT2D eigenvalue weighted by Gasteiger charge is 1.99. The Morgan fingerprint density at radius 2 is 1.81 bits per heavy atom. The number of nitrogens with two attached hydrogens (primary N) is 2. The van der Waals surface area contributed by atoms with Gasteiger partial charge in [0.15, 0.2) is 0 Å². The van der Waals surface area contributed by atoms with Gasteiger partial charge in [-0.1, -0.05) is 36.4 Å². The quantitative estimate of drug-likeness (QED) is 0.447. The van der Waals surface area contributed by atoms with E-state index in [1.807, 2.05) is 36.4 Å². The van der Waals surface area contributed by atoms with E-state index in [9.17, 15) is 0 Å². The molecular formula is C22H23N5. The molecule has 0 saturated carbocycles. The maximum Gasteiger partial charge on any atom is 0.118 e. The summed E-state index contributed by atoms with van der Waals surface area (Å²) in [6, 6.07) is 17.8. The van der Waals surface area contributed by atoms with Gasteiger partial charge in [-0.25, -0.2) is 0 Å². The topological polar surface area (TPSA) is 101 Å². The predicted molar refractivity (Wildman–Crippen MR) is 112 cm³/mol. The van der Waals surface area contributed by atoms with Crippen molar-refractivity contribution < 1.29 is 0 Å². The molecule has 1 heterocycles. The number of aromatic nitrogens is 1. The Bertz CT molecular complexity index is 987. The van der Waals surface area contributed by atoms with Gasteiger partial charge in [0.1, 0.15) is 5.84 Å². The van der Waals surface area contributed by atoms with Gasteiger partial charge in [0.05, 0.1) is 11.2 Å². The average Bonchev–Trinajstić information content (AvgIpc) is 2.72. The van der Waals surface area contributed by atoms with Crippen LogP contribution in [-0.4, -0.2) is 23.1 Å². The fourth-order valence-corrected chi connectivity index (χ4v) is 2.73. The molecule has 0 radical (unpaired) electrons. The van der Waals surface area contributed by atoms with E-state index in [1.165, 1.54) is 5.56 Å². The Labute approximate surface area is 159 Å². The minimum atomic E-state index is 0.388. The van der Waals surface area contributed by atoms with Crippen LogP contribution in [0.5, 0.6) is 0 Å². The van der Waals surface area contributed by atoms with Gasteiger partial charge in [-0.2, -0.15) is 0 Å². The van der Waals surface area contributed by atoms with Crippen molar-refractivity contribution in [1.82, 2.24) is 4.98 Å². The number of benzene rings is 2. The molecule has 0 atom stereocenters. The van der Waals surface area contributed by atoms with Crippen LogP contribution in [0.15, 0.2) is 77.9 Å². The molecule has 0 bridgehead atoms. The Balaban J connectivity index is 1.56. The monoisotopic (exact) mass is 357 g/mol. The highest BCUT2D eigenvalue weighted by Crippen LogP contribution is 2.13. The second kappa shape index (κ2) is 8.87. The lowest BCUT2D eigenvalue weighted by Gasteiger charge is -2.02. The molecule has 3 aromatic rings. The summed E-state index contributed by atoms with van der Waals surface area (Å²) in [5.74, 6) is 0.417. The van der Waals surface area contributed by atoms with Crippen LogP contribution in [0, 0.1) is 5.41 Å². The summed E-state index contributed by atoms with van der Waals surface area (Å²) in [7, 11) is 0. The van der Waals surface area contributed by atoms with E-state index in [0.717, 1.165) is 28.5 Å². The zero-order valence-electron chi connectivity index (χ0n) is 15.1. The zero-order valence-corrected chi connectivity index (χ0v) is 15.1. The van der Waals surface area contributed by atoms with Gasteiger partial charge >= 0.3 is 0 Å². The number of aliphatic imine (C=N–C) groups is 1. The van der Waals surface area contributed by atoms with Crippen molar-refractivity contribution in [3.05, 3.63) is 89.6 Å². The standard InChI is InChI=1S/C22H23N5/c23-15-17-3-6-18(7-4-17)20(24)8-10-22(25)27-13-11-16-5-9-21-19(14-16)2-1-12-26-21/h1-10,12,14,24H,11,13,15,23H2,(H2,25,27)/b10-8-,24-20?. The lowest BCUT2D eigenvalue weighted by Crippen LogP contribution is -2.10. The molecule has 5 nitrogen and oxygen atoms in total. The van der Waals surface area contributed by atoms with Crippen LogP contribution in [0.1, 0.15) is 16.7 Å². The first kappa shape index (κ1) is 18.5. The number of hydrogen-bond acceptors (Lipinski definition) is 4. The first-order chi connectivity index (χ1) is 13.2. The van der Waals surface area contributed by atoms with Crippen LogP contribution in [0.4, 0.5) is 0 Å². The van der Waals surface area contributed by atoms with Gasteiger partial charge in [-0.3, -0.25) is 9.98 Å². The van der Waals surface area contributed by atoms with E-state index in [0.29, 0.717) is 24.6 Å². The predicted octanol–water partition coefficient (Wildman–Crippen LogP) is 3.22. The second-order valence-electron chi connectivity index (χ2n) is 6.24. The van der Waals surface area contributed by atoms with Gasteiger partial charge in [0.25, 0.3) is 0 Å². The normalized spacial score (nSPS) is 12.0. The summed E-state index contributed by atoms with van der Waals surface area (Å²) in [6.45, 7) is 1.09. The summed E-state index contributed by atoms with van der Waals surface area (Å²) in [6.07, 6.45) is 5.93. The maximum absolute atomic E-state index is 8.10. The first-order valence-corrected chi connectivity index (χ1v) is 8.85. The summed E-state index contributed by atoms with van der Waals surface area (Å²) in [4.78, 5) is 8.69. The molecule has 0 saturated heterocycles. The largest absolute Gasteiger partial charge is 0.384 e. The lowest BCUT2D eigenvalue weighted by molar-refractivity contribution is 0.969. The molecule has 0 unspecified atom stereocenters. The van der Waals surface area contributed by atoms with Crippen molar-refractivity contribution in [2.45, 2.75) is 13.0 Å². The molecule has 0 aliphatic heterocycles. The Morgan fingerprint density at radius 3 is 2.59 bits per heavy atom. The van der Waals surface area contributed by atoms with Crippen molar-refractivity contribution >= 4 is 22.5 Å². The van der Waals surface area contributed by atoms with Crippen molar-refractivity contribution in [3.63, 3.8) is 0 Å². The van der Waals surface area contributed by atoms with Crippen molar-refractivity contribution in [2.24, 2.45) is 16.5 Å². The SMILES string of the molecule is N=C(/C=C\C(N)=NCCc1ccc2ncccc2c1)c1ccc(CN)cc1. The van der Waals surface area contributed by atoms with Crippen molar-refractivity contribution in [3.8, 4) is 0 Å². The summed E-state index contributed by atoms with van der Waals surface area (Å²) in [5.41, 5.74) is 16.0. The molecule has 27 heavy (non-hydrogen) atoms. The van der Waals surface area contributed by atoms with Gasteiger partial charge < -0.3 is 16.9 Å². The number of allylic oxidation sites excluding steroid dienone is 1. The van der Waals surface area contributed by atoms with E-state index in [4.69, 9.17) is 16.9 Å². The molecule has 2 aromatic carbocycles. The van der Waals surface area contributed by atoms with E-state index >= 15 is 0 Å². The highest BCUT2D eigenvalue weighted by atomic mass is 14.8. The van der Waals surface area contributed by atoms with Crippen LogP contribution < -0.4 is 11.5 Å². The fourth-order valence-electron chi connectivity index (χ4n) is 2.73. The van der Waals surface area contributed by atoms with Crippen LogP contribution in [0.2, 0.25) is 0 Å². The van der Waals surface area contributed by atoms with Gasteiger partial charge in [0, 0.05) is 24.7 Å². The number of hydrogen-bond donors (Lipinski definition) is 3. The highest BCUT2D eigenvalue weighted by molar-refractivity contribution is 6.09. The van der Waals surface area contributed by atoms with Gasteiger partial charge in [-0.15, -0.1) is 0 Å². The molecule has 3 rings (SSSR count). The number of rotatable bonds is 7.